The number of fused-ring (bicyclic) bond motifs is 2. The summed E-state index contributed by atoms with van der Waals surface area (Å²) >= 11 is 0. The first kappa shape index (κ1) is 29.5. The minimum atomic E-state index is -4.89. The van der Waals surface area contributed by atoms with E-state index in [4.69, 9.17) is 24.4 Å². The smallest absolute Gasteiger partial charge is 0.756 e. The van der Waals surface area contributed by atoms with Gasteiger partial charge in [0.15, 0.2) is 11.5 Å². The second-order valence-electron chi connectivity index (χ2n) is 6.99. The summed E-state index contributed by atoms with van der Waals surface area (Å²) in [7, 11) is -4.89. The fourth-order valence-corrected chi connectivity index (χ4v) is 2.89. The van der Waals surface area contributed by atoms with Crippen LogP contribution in [0.15, 0.2) is 21.7 Å². The van der Waals surface area contributed by atoms with Gasteiger partial charge in [0.25, 0.3) is 13.4 Å². The number of aromatic amines is 1. The molecule has 3 atom stereocenters. The van der Waals surface area contributed by atoms with E-state index >= 15 is 0 Å². The predicted octanol–water partition coefficient (Wildman–Crippen LogP) is -6.28. The summed E-state index contributed by atoms with van der Waals surface area (Å²) < 4.78 is 10.2. The van der Waals surface area contributed by atoms with Gasteiger partial charge in [-0.25, -0.2) is 9.78 Å². The molecule has 2 aliphatic rings. The Labute approximate surface area is 208 Å². The van der Waals surface area contributed by atoms with Crippen LogP contribution in [0.25, 0.3) is 22.6 Å². The maximum absolute atomic E-state index is 12.2. The number of benzene rings is 1. The topological polar surface area (TPSA) is 242 Å². The fourth-order valence-electron chi connectivity index (χ4n) is 2.89. The third kappa shape index (κ3) is 7.73. The van der Waals surface area contributed by atoms with Crippen molar-refractivity contribution in [2.75, 3.05) is 6.61 Å². The van der Waals surface area contributed by atoms with Gasteiger partial charge in [-0.05, 0) is 37.1 Å². The summed E-state index contributed by atoms with van der Waals surface area (Å²) in [6.45, 7) is 2.73. The Morgan fingerprint density at radius 3 is 2.18 bits per heavy atom. The van der Waals surface area contributed by atoms with E-state index in [2.05, 4.69) is 15.0 Å². The van der Waals surface area contributed by atoms with Crippen LogP contribution in [0.5, 0.6) is 0 Å². The molecule has 14 nitrogen and oxygen atoms in total. The number of aromatic nitrogens is 4. The number of H-pyrrole nitrogens is 1. The van der Waals surface area contributed by atoms with Gasteiger partial charge in [-0.15, -0.1) is 0 Å². The van der Waals surface area contributed by atoms with Crippen LogP contribution in [0.4, 0.5) is 0 Å². The van der Waals surface area contributed by atoms with Crippen LogP contribution in [-0.4, -0.2) is 74.7 Å². The van der Waals surface area contributed by atoms with E-state index < -0.39 is 44.0 Å². The van der Waals surface area contributed by atoms with Gasteiger partial charge in [0.05, 0.1) is 24.2 Å². The molecule has 0 amide bonds. The third-order valence-corrected chi connectivity index (χ3v) is 4.57. The van der Waals surface area contributed by atoms with E-state index in [0.717, 1.165) is 11.1 Å². The van der Waals surface area contributed by atoms with Crippen molar-refractivity contribution in [3.05, 3.63) is 44.1 Å². The number of aryl methyl sites for hydroxylation is 2. The molecular formula is C17H22N4NaO10P. The van der Waals surface area contributed by atoms with Crippen LogP contribution < -0.4 is 45.7 Å². The standard InChI is InChI=1S/C17H20N4O6.Na.H3O4P/c1-7-3-9-10(4-8(7)2)21(5-11(23)14(25)12(24)6-22)15-13(18-9)16(26)20-17(27)19-15;;1-5(2,3)4/h3-4,11-12,14,22-25H,5-6H2,1-2H3,(H,20,26,27);;(H3,1,2,3,4)/q;+1;/p-1/t11-,12+,14-;;/m1../s1. The number of phosphoric acid groups is 1. The molecule has 0 radical (unpaired) electrons. The molecule has 0 aliphatic carbocycles. The van der Waals surface area contributed by atoms with Crippen molar-refractivity contribution in [2.45, 2.75) is 38.7 Å². The van der Waals surface area contributed by atoms with Crippen molar-refractivity contribution in [3.8, 4) is 11.5 Å². The van der Waals surface area contributed by atoms with E-state index in [-0.39, 0.29) is 47.6 Å². The largest absolute Gasteiger partial charge is 1.00 e. The molecule has 33 heavy (non-hydrogen) atoms. The number of hydrogen-bond donors (Lipinski definition) is 7. The molecule has 0 unspecified atom stereocenters. The molecule has 2 heterocycles. The van der Waals surface area contributed by atoms with Crippen LogP contribution in [-0.2, 0) is 11.1 Å². The first-order chi connectivity index (χ1) is 14.7. The number of aliphatic hydroxyl groups excluding tert-OH is 4. The number of hydrogen-bond acceptors (Lipinski definition) is 10. The molecule has 0 bridgehead atoms. The molecule has 0 spiro atoms. The minimum absolute atomic E-state index is 0. The Morgan fingerprint density at radius 1 is 1.09 bits per heavy atom. The van der Waals surface area contributed by atoms with Crippen molar-refractivity contribution in [1.29, 1.82) is 0 Å². The number of aliphatic hydroxyl groups is 4. The van der Waals surface area contributed by atoms with E-state index in [1.165, 1.54) is 4.57 Å². The molecule has 0 saturated heterocycles. The maximum atomic E-state index is 12.2. The van der Waals surface area contributed by atoms with Crippen molar-refractivity contribution >= 4 is 18.9 Å². The molecule has 0 aromatic heterocycles. The average Bonchev–Trinajstić information content (AvgIpc) is 2.67. The van der Waals surface area contributed by atoms with Gasteiger partial charge in [-0.2, -0.15) is 4.98 Å². The van der Waals surface area contributed by atoms with Crippen molar-refractivity contribution in [1.82, 2.24) is 19.5 Å². The average molecular weight is 496 g/mol. The van der Waals surface area contributed by atoms with E-state index in [0.29, 0.717) is 11.0 Å². The zero-order valence-corrected chi connectivity index (χ0v) is 20.8. The molecular weight excluding hydrogens is 474 g/mol. The van der Waals surface area contributed by atoms with E-state index in [1.54, 1.807) is 12.1 Å². The van der Waals surface area contributed by atoms with Crippen LogP contribution in [0.2, 0.25) is 0 Å². The molecule has 1 aromatic carbocycles. The molecule has 2 aliphatic heterocycles. The molecule has 1 aromatic rings. The summed E-state index contributed by atoms with van der Waals surface area (Å²) in [5.74, 6) is -0.0516. The van der Waals surface area contributed by atoms with Gasteiger partial charge in [0, 0.05) is 0 Å². The summed E-state index contributed by atoms with van der Waals surface area (Å²) in [6, 6.07) is 3.53. The van der Waals surface area contributed by atoms with E-state index in [9.17, 15) is 24.9 Å². The van der Waals surface area contributed by atoms with Gasteiger partial charge in [-0.1, -0.05) is 0 Å². The maximum Gasteiger partial charge on any atom is 1.00 e. The van der Waals surface area contributed by atoms with Crippen molar-refractivity contribution < 1.29 is 69.2 Å². The Bertz CT molecular complexity index is 1230. The van der Waals surface area contributed by atoms with Crippen molar-refractivity contribution in [3.63, 3.8) is 0 Å². The van der Waals surface area contributed by atoms with Crippen LogP contribution >= 0.6 is 7.82 Å². The predicted molar refractivity (Wildman–Crippen MR) is 108 cm³/mol. The fraction of sp³-hybridized carbons (Fsp3) is 0.412. The molecule has 16 heteroatoms. The Morgan fingerprint density at radius 2 is 1.64 bits per heavy atom. The molecule has 0 fully saturated rings. The van der Waals surface area contributed by atoms with Gasteiger partial charge in [-0.3, -0.25) is 14.3 Å². The van der Waals surface area contributed by atoms with E-state index in [1.807, 2.05) is 13.8 Å². The Balaban J connectivity index is 0.000000821. The van der Waals surface area contributed by atoms with Gasteiger partial charge in [0.1, 0.15) is 18.3 Å². The first-order valence-electron chi connectivity index (χ1n) is 9.06. The molecule has 176 valence electrons. The quantitative estimate of drug-likeness (QED) is 0.0991. The molecule has 7 N–H and O–H groups in total. The second-order valence-corrected chi connectivity index (χ2v) is 7.97. The summed E-state index contributed by atoms with van der Waals surface area (Å²) in [6.07, 6.45) is -4.68. The molecule has 0 saturated carbocycles. The summed E-state index contributed by atoms with van der Waals surface area (Å²) in [5, 5.41) is 38.8. The number of rotatable bonds is 5. The third-order valence-electron chi connectivity index (χ3n) is 4.57. The first-order valence-corrected chi connectivity index (χ1v) is 10.6. The Hall–Kier alpha value is -1.55. The Kier molecular flexibility index (Phi) is 10.5. The van der Waals surface area contributed by atoms with Gasteiger partial charge in [0.2, 0.25) is 0 Å². The zero-order valence-electron chi connectivity index (χ0n) is 17.9. The monoisotopic (exact) mass is 496 g/mol. The number of nitrogens with zero attached hydrogens (tertiary/aromatic N) is 3. The summed E-state index contributed by atoms with van der Waals surface area (Å²) in [5.41, 5.74) is 1.11. The molecule has 3 rings (SSSR count). The summed E-state index contributed by atoms with van der Waals surface area (Å²) in [4.78, 5) is 56.9. The van der Waals surface area contributed by atoms with Crippen molar-refractivity contribution in [2.24, 2.45) is 0 Å². The number of nitrogens with one attached hydrogen (secondary N) is 1. The van der Waals surface area contributed by atoms with Crippen LogP contribution in [0.3, 0.4) is 0 Å². The van der Waals surface area contributed by atoms with Crippen LogP contribution in [0, 0.1) is 13.8 Å². The van der Waals surface area contributed by atoms with Gasteiger partial charge >= 0.3 is 35.2 Å². The zero-order chi connectivity index (χ0) is 24.4. The minimum Gasteiger partial charge on any atom is -0.756 e. The second kappa shape index (κ2) is 11.7. The SMILES string of the molecule is Cc1cc2nc3c(=O)[nH]c(=O)nc-3n(C[C@@H](O)[C@@H](O)[C@@H](O)CO)c2cc1C.O=P([O-])(O)O.[Na+]. The normalized spacial score (nSPS) is 14.2. The van der Waals surface area contributed by atoms with Crippen LogP contribution in [0.1, 0.15) is 11.1 Å². The van der Waals surface area contributed by atoms with Gasteiger partial charge < -0.3 is 39.7 Å².